The maximum absolute atomic E-state index is 13.4. The van der Waals surface area contributed by atoms with Crippen LogP contribution in [-0.2, 0) is 29.1 Å². The van der Waals surface area contributed by atoms with E-state index >= 15 is 0 Å². The summed E-state index contributed by atoms with van der Waals surface area (Å²) in [5.41, 5.74) is 2.27. The lowest BCUT2D eigenvalue weighted by Crippen LogP contribution is -2.42. The summed E-state index contributed by atoms with van der Waals surface area (Å²) in [6.45, 7) is 5.00. The van der Waals surface area contributed by atoms with Crippen LogP contribution in [0.25, 0.3) is 0 Å². The average molecular weight is 409 g/mol. The van der Waals surface area contributed by atoms with E-state index in [9.17, 15) is 4.79 Å². The van der Waals surface area contributed by atoms with Gasteiger partial charge in [0.15, 0.2) is 5.60 Å². The molecular formula is C25H28O3S. The Balaban J connectivity index is 1.72. The number of hydrogen-bond donors (Lipinski definition) is 0. The molecule has 0 bridgehead atoms. The molecule has 29 heavy (non-hydrogen) atoms. The molecule has 0 radical (unpaired) electrons. The highest BCUT2D eigenvalue weighted by Gasteiger charge is 2.36. The zero-order chi connectivity index (χ0) is 20.5. The average Bonchev–Trinajstić information content (AvgIpc) is 3.22. The first-order valence-electron chi connectivity index (χ1n) is 10.0. The number of benzene rings is 2. The highest BCUT2D eigenvalue weighted by atomic mass is 32.1. The zero-order valence-corrected chi connectivity index (χ0v) is 17.9. The molecule has 1 unspecified atom stereocenters. The lowest BCUT2D eigenvalue weighted by Gasteiger charge is -2.28. The van der Waals surface area contributed by atoms with Gasteiger partial charge in [0, 0.05) is 0 Å². The van der Waals surface area contributed by atoms with Crippen LogP contribution in [0.5, 0.6) is 0 Å². The molecule has 1 heterocycles. The van der Waals surface area contributed by atoms with Gasteiger partial charge >= 0.3 is 0 Å². The maximum atomic E-state index is 13.4. The first kappa shape index (κ1) is 21.4. The summed E-state index contributed by atoms with van der Waals surface area (Å²) in [4.78, 5) is 14.1. The van der Waals surface area contributed by atoms with Gasteiger partial charge in [0.25, 0.3) is 0 Å². The molecule has 4 heteroatoms. The van der Waals surface area contributed by atoms with Crippen LogP contribution < -0.4 is 0 Å². The van der Waals surface area contributed by atoms with Crippen molar-refractivity contribution in [2.24, 2.45) is 0 Å². The number of aryl methyl sites for hydroxylation is 1. The molecule has 1 atom stereocenters. The van der Waals surface area contributed by atoms with Gasteiger partial charge in [-0.15, -0.1) is 11.3 Å². The number of ketones is 1. The van der Waals surface area contributed by atoms with Crippen LogP contribution in [0, 0.1) is 0 Å². The van der Waals surface area contributed by atoms with Crippen LogP contribution in [0.2, 0.25) is 0 Å². The monoisotopic (exact) mass is 408 g/mol. The Kier molecular flexibility index (Phi) is 7.76. The standard InChI is InChI=1S/C25H28O3S/c1-3-10-22-15-23(29-18-22)24(26)25(2,28-17-21-13-8-5-9-14-21)19-27-16-20-11-6-4-7-12-20/h4-9,11-15,18H,3,10,16-17,19H2,1-2H3. The Hall–Kier alpha value is -2.27. The second-order valence-electron chi connectivity index (χ2n) is 7.38. The minimum atomic E-state index is -1.04. The molecule has 3 nitrogen and oxygen atoms in total. The van der Waals surface area contributed by atoms with Gasteiger partial charge in [-0.1, -0.05) is 74.0 Å². The number of ether oxygens (including phenoxy) is 2. The number of carbonyl (C=O) groups excluding carboxylic acids is 1. The molecule has 152 valence electrons. The van der Waals surface area contributed by atoms with Crippen LogP contribution in [0.1, 0.15) is 46.6 Å². The number of hydrogen-bond acceptors (Lipinski definition) is 4. The van der Waals surface area contributed by atoms with Crippen LogP contribution in [0.3, 0.4) is 0 Å². The molecule has 0 amide bonds. The molecule has 0 aliphatic heterocycles. The lowest BCUT2D eigenvalue weighted by molar-refractivity contribution is -0.0748. The molecule has 3 aromatic rings. The van der Waals surface area contributed by atoms with Crippen molar-refractivity contribution in [1.82, 2.24) is 0 Å². The number of carbonyl (C=O) groups is 1. The molecule has 0 fully saturated rings. The summed E-state index contributed by atoms with van der Waals surface area (Å²) in [6.07, 6.45) is 2.04. The largest absolute Gasteiger partial charge is 0.373 e. The van der Waals surface area contributed by atoms with E-state index in [1.54, 1.807) is 0 Å². The Labute approximate surface area is 177 Å². The van der Waals surface area contributed by atoms with Gasteiger partial charge in [-0.25, -0.2) is 0 Å². The van der Waals surface area contributed by atoms with Crippen molar-refractivity contribution in [3.05, 3.63) is 93.7 Å². The Bertz CT molecular complexity index is 889. The molecule has 1 aromatic heterocycles. The van der Waals surface area contributed by atoms with Crippen molar-refractivity contribution in [1.29, 1.82) is 0 Å². The van der Waals surface area contributed by atoms with Crippen molar-refractivity contribution < 1.29 is 14.3 Å². The predicted octanol–water partition coefficient (Wildman–Crippen LogP) is 6.08. The number of thiophene rings is 1. The van der Waals surface area contributed by atoms with E-state index in [0.29, 0.717) is 13.2 Å². The second kappa shape index (κ2) is 10.5. The van der Waals surface area contributed by atoms with Crippen LogP contribution in [0.4, 0.5) is 0 Å². The topological polar surface area (TPSA) is 35.5 Å². The smallest absolute Gasteiger partial charge is 0.206 e. The fourth-order valence-electron chi connectivity index (χ4n) is 3.10. The minimum Gasteiger partial charge on any atom is -0.373 e. The molecular weight excluding hydrogens is 380 g/mol. The highest BCUT2D eigenvalue weighted by molar-refractivity contribution is 7.12. The summed E-state index contributed by atoms with van der Waals surface area (Å²) < 4.78 is 12.1. The third-order valence-electron chi connectivity index (χ3n) is 4.79. The van der Waals surface area contributed by atoms with E-state index in [0.717, 1.165) is 28.8 Å². The van der Waals surface area contributed by atoms with E-state index in [1.807, 2.05) is 73.7 Å². The molecule has 0 saturated carbocycles. The van der Waals surface area contributed by atoms with Gasteiger partial charge in [0.05, 0.1) is 24.7 Å². The number of Topliss-reactive ketones (excluding diaryl/α,β-unsaturated/α-hetero) is 1. The van der Waals surface area contributed by atoms with Gasteiger partial charge in [0.2, 0.25) is 5.78 Å². The molecule has 0 aliphatic carbocycles. The fourth-order valence-corrected chi connectivity index (χ4v) is 4.11. The van der Waals surface area contributed by atoms with Crippen LogP contribution in [0.15, 0.2) is 72.1 Å². The minimum absolute atomic E-state index is 0.0196. The normalized spacial score (nSPS) is 13.2. The third kappa shape index (κ3) is 6.10. The Morgan fingerprint density at radius 2 is 1.55 bits per heavy atom. The first-order valence-corrected chi connectivity index (χ1v) is 10.9. The second-order valence-corrected chi connectivity index (χ2v) is 8.29. The third-order valence-corrected chi connectivity index (χ3v) is 5.76. The summed E-state index contributed by atoms with van der Waals surface area (Å²) in [6, 6.07) is 21.9. The zero-order valence-electron chi connectivity index (χ0n) is 17.1. The van der Waals surface area contributed by atoms with Crippen LogP contribution >= 0.6 is 11.3 Å². The van der Waals surface area contributed by atoms with Crippen molar-refractivity contribution in [2.75, 3.05) is 6.61 Å². The Morgan fingerprint density at radius 3 is 2.17 bits per heavy atom. The summed E-state index contributed by atoms with van der Waals surface area (Å²) in [5.74, 6) is -0.0196. The molecule has 2 aromatic carbocycles. The van der Waals surface area contributed by atoms with E-state index in [-0.39, 0.29) is 12.4 Å². The molecule has 0 aliphatic rings. The SMILES string of the molecule is CCCc1csc(C(=O)C(C)(COCc2ccccc2)OCc2ccccc2)c1. The molecule has 3 rings (SSSR count). The van der Waals surface area contributed by atoms with Gasteiger partial charge in [-0.2, -0.15) is 0 Å². The van der Waals surface area contributed by atoms with Gasteiger partial charge in [-0.3, -0.25) is 4.79 Å². The van der Waals surface area contributed by atoms with Gasteiger partial charge < -0.3 is 9.47 Å². The number of rotatable bonds is 11. The highest BCUT2D eigenvalue weighted by Crippen LogP contribution is 2.26. The predicted molar refractivity (Wildman–Crippen MR) is 118 cm³/mol. The lowest BCUT2D eigenvalue weighted by atomic mass is 9.99. The van der Waals surface area contributed by atoms with Gasteiger partial charge in [0.1, 0.15) is 0 Å². The molecule has 0 N–H and O–H groups in total. The van der Waals surface area contributed by atoms with Crippen LogP contribution in [-0.4, -0.2) is 18.0 Å². The quantitative estimate of drug-likeness (QED) is 0.361. The fraction of sp³-hybridized carbons (Fsp3) is 0.320. The summed E-state index contributed by atoms with van der Waals surface area (Å²) in [5, 5.41) is 2.07. The van der Waals surface area contributed by atoms with Crippen molar-refractivity contribution >= 4 is 17.1 Å². The molecule has 0 saturated heterocycles. The van der Waals surface area contributed by atoms with E-state index in [1.165, 1.54) is 16.9 Å². The maximum Gasteiger partial charge on any atom is 0.206 e. The van der Waals surface area contributed by atoms with E-state index < -0.39 is 5.60 Å². The molecule has 0 spiro atoms. The summed E-state index contributed by atoms with van der Waals surface area (Å²) in [7, 11) is 0. The Morgan fingerprint density at radius 1 is 0.931 bits per heavy atom. The first-order chi connectivity index (χ1) is 14.1. The van der Waals surface area contributed by atoms with Crippen molar-refractivity contribution in [2.45, 2.75) is 45.5 Å². The van der Waals surface area contributed by atoms with E-state index in [2.05, 4.69) is 12.3 Å². The van der Waals surface area contributed by atoms with Crippen molar-refractivity contribution in [3.8, 4) is 0 Å². The van der Waals surface area contributed by atoms with E-state index in [4.69, 9.17) is 9.47 Å². The van der Waals surface area contributed by atoms with Gasteiger partial charge in [-0.05, 0) is 41.5 Å². The summed E-state index contributed by atoms with van der Waals surface area (Å²) >= 11 is 1.49. The van der Waals surface area contributed by atoms with Crippen molar-refractivity contribution in [3.63, 3.8) is 0 Å².